The van der Waals surface area contributed by atoms with Crippen molar-refractivity contribution in [2.45, 2.75) is 38.3 Å². The van der Waals surface area contributed by atoms with Gasteiger partial charge in [0.05, 0.1) is 6.04 Å². The first kappa shape index (κ1) is 6.24. The van der Waals surface area contributed by atoms with Gasteiger partial charge in [0, 0.05) is 12.5 Å². The van der Waals surface area contributed by atoms with E-state index in [0.29, 0.717) is 6.04 Å². The average molecular weight is 135 g/mol. The van der Waals surface area contributed by atoms with Crippen LogP contribution in [0.3, 0.4) is 0 Å². The number of nitrogens with zero attached hydrogens (tertiary/aromatic N) is 1. The van der Waals surface area contributed by atoms with Crippen molar-refractivity contribution in [3.05, 3.63) is 0 Å². The van der Waals surface area contributed by atoms with E-state index in [1.807, 2.05) is 0 Å². The molecule has 0 aromatic carbocycles. The fourth-order valence-electron chi connectivity index (χ4n) is 2.08. The van der Waals surface area contributed by atoms with Gasteiger partial charge in [-0.1, -0.05) is 18.8 Å². The Morgan fingerprint density at radius 3 is 3.00 bits per heavy atom. The summed E-state index contributed by atoms with van der Waals surface area (Å²) in [6.45, 7) is 3.42. The summed E-state index contributed by atoms with van der Waals surface area (Å²) >= 11 is 0. The zero-order chi connectivity index (χ0) is 6.97. The van der Waals surface area contributed by atoms with Crippen LogP contribution in [0.4, 0.5) is 0 Å². The highest BCUT2D eigenvalue weighted by molar-refractivity contribution is 5.18. The molecule has 10 heavy (non-hydrogen) atoms. The lowest BCUT2D eigenvalue weighted by atomic mass is 10.1. The molecule has 2 bridgehead atoms. The van der Waals surface area contributed by atoms with E-state index in [9.17, 15) is 0 Å². The van der Waals surface area contributed by atoms with Gasteiger partial charge >= 0.3 is 0 Å². The first-order chi connectivity index (χ1) is 4.92. The summed E-state index contributed by atoms with van der Waals surface area (Å²) in [7, 11) is 0. The molecule has 0 N–H and O–H groups in total. The maximum absolute atomic E-state index is 3.29. The second kappa shape index (κ2) is 2.29. The van der Waals surface area contributed by atoms with Crippen LogP contribution in [-0.2, 0) is 0 Å². The molecule has 2 unspecified atom stereocenters. The summed E-state index contributed by atoms with van der Waals surface area (Å²) in [6.07, 6.45) is 3.79. The van der Waals surface area contributed by atoms with Gasteiger partial charge in [0.2, 0.25) is 0 Å². The Labute approximate surface area is 62.4 Å². The molecule has 2 atom stereocenters. The fraction of sp³-hybridized carbons (Fsp3) is 0.778. The molecule has 0 aromatic heterocycles. The molecule has 2 heterocycles. The predicted molar refractivity (Wildman–Crippen MR) is 41.6 cm³/mol. The smallest absolute Gasteiger partial charge is 0.0717 e. The van der Waals surface area contributed by atoms with Crippen LogP contribution in [0.15, 0.2) is 0 Å². The Balaban J connectivity index is 2.19. The molecule has 0 amide bonds. The summed E-state index contributed by atoms with van der Waals surface area (Å²) in [5, 5.41) is 0. The van der Waals surface area contributed by atoms with Crippen molar-refractivity contribution in [3.63, 3.8) is 0 Å². The van der Waals surface area contributed by atoms with Crippen LogP contribution in [0.2, 0.25) is 0 Å². The lowest BCUT2D eigenvalue weighted by Gasteiger charge is -2.27. The highest BCUT2D eigenvalue weighted by Gasteiger charge is 2.32. The molecular weight excluding hydrogens is 122 g/mol. The fourth-order valence-corrected chi connectivity index (χ4v) is 2.08. The Morgan fingerprint density at radius 2 is 2.40 bits per heavy atom. The average Bonchev–Trinajstić information content (AvgIpc) is 2.19. The van der Waals surface area contributed by atoms with Crippen molar-refractivity contribution in [1.29, 1.82) is 0 Å². The van der Waals surface area contributed by atoms with Crippen LogP contribution < -0.4 is 0 Å². The predicted octanol–water partition coefficient (Wildman–Crippen LogP) is 1.25. The molecule has 0 aliphatic carbocycles. The summed E-state index contributed by atoms with van der Waals surface area (Å²) in [6, 6.07) is 1.42. The molecule has 0 saturated carbocycles. The molecule has 54 valence electrons. The topological polar surface area (TPSA) is 3.24 Å². The van der Waals surface area contributed by atoms with E-state index in [4.69, 9.17) is 0 Å². The van der Waals surface area contributed by atoms with Crippen molar-refractivity contribution in [2.24, 2.45) is 0 Å². The third-order valence-corrected chi connectivity index (χ3v) is 2.61. The van der Waals surface area contributed by atoms with Gasteiger partial charge in [0.25, 0.3) is 0 Å². The third-order valence-electron chi connectivity index (χ3n) is 2.61. The largest absolute Gasteiger partial charge is 0.286 e. The number of hydrogen-bond donors (Lipinski definition) is 0. The molecule has 2 rings (SSSR count). The summed E-state index contributed by atoms with van der Waals surface area (Å²) in [4.78, 5) is 2.54. The molecule has 2 aliphatic heterocycles. The second-order valence-corrected chi connectivity index (χ2v) is 3.10. The zero-order valence-electron chi connectivity index (χ0n) is 6.43. The highest BCUT2D eigenvalue weighted by Crippen LogP contribution is 2.27. The Kier molecular flexibility index (Phi) is 1.43. The van der Waals surface area contributed by atoms with Crippen LogP contribution in [0.5, 0.6) is 0 Å². The van der Waals surface area contributed by atoms with Gasteiger partial charge in [-0.05, 0) is 19.4 Å². The quantitative estimate of drug-likeness (QED) is 0.489. The summed E-state index contributed by atoms with van der Waals surface area (Å²) in [5.74, 6) is 6.51. The lowest BCUT2D eigenvalue weighted by Crippen LogP contribution is -2.36. The molecular formula is C9H13N. The molecule has 1 fully saturated rings. The lowest BCUT2D eigenvalue weighted by molar-refractivity contribution is 0.231. The van der Waals surface area contributed by atoms with Crippen molar-refractivity contribution >= 4 is 0 Å². The molecule has 1 heteroatoms. The van der Waals surface area contributed by atoms with Gasteiger partial charge in [-0.25, -0.2) is 0 Å². The van der Waals surface area contributed by atoms with Gasteiger partial charge in [-0.2, -0.15) is 0 Å². The maximum atomic E-state index is 3.29. The van der Waals surface area contributed by atoms with Gasteiger partial charge in [-0.15, -0.1) is 0 Å². The molecule has 1 nitrogen and oxygen atoms in total. The first-order valence-electron chi connectivity index (χ1n) is 4.16. The molecule has 2 aliphatic rings. The zero-order valence-corrected chi connectivity index (χ0v) is 6.43. The number of hydrogen-bond acceptors (Lipinski definition) is 1. The molecule has 0 spiro atoms. The third kappa shape index (κ3) is 0.759. The second-order valence-electron chi connectivity index (χ2n) is 3.10. The van der Waals surface area contributed by atoms with Gasteiger partial charge < -0.3 is 0 Å². The van der Waals surface area contributed by atoms with E-state index in [1.165, 1.54) is 19.4 Å². The van der Waals surface area contributed by atoms with Gasteiger partial charge in [0.15, 0.2) is 0 Å². The van der Waals surface area contributed by atoms with Crippen molar-refractivity contribution < 1.29 is 0 Å². The highest BCUT2D eigenvalue weighted by atomic mass is 15.2. The number of fused-ring (bicyclic) bond motifs is 2. The van der Waals surface area contributed by atoms with E-state index in [-0.39, 0.29) is 0 Å². The van der Waals surface area contributed by atoms with Crippen molar-refractivity contribution in [3.8, 4) is 11.8 Å². The van der Waals surface area contributed by atoms with Crippen LogP contribution in [0.1, 0.15) is 26.2 Å². The SMILES string of the molecule is CCN1C2C#CCC1CC2. The maximum Gasteiger partial charge on any atom is 0.0717 e. The van der Waals surface area contributed by atoms with E-state index < -0.39 is 0 Å². The Hall–Kier alpha value is -0.480. The van der Waals surface area contributed by atoms with Crippen molar-refractivity contribution in [2.75, 3.05) is 6.54 Å². The minimum absolute atomic E-state index is 0.615. The van der Waals surface area contributed by atoms with Crippen molar-refractivity contribution in [1.82, 2.24) is 4.90 Å². The van der Waals surface area contributed by atoms with Crippen LogP contribution in [0, 0.1) is 11.8 Å². The van der Waals surface area contributed by atoms with E-state index in [1.54, 1.807) is 0 Å². The Morgan fingerprint density at radius 1 is 1.50 bits per heavy atom. The molecule has 0 radical (unpaired) electrons. The summed E-state index contributed by atoms with van der Waals surface area (Å²) in [5.41, 5.74) is 0. The van der Waals surface area contributed by atoms with E-state index in [2.05, 4.69) is 23.7 Å². The normalized spacial score (nSPS) is 37.3. The monoisotopic (exact) mass is 135 g/mol. The summed E-state index contributed by atoms with van der Waals surface area (Å²) < 4.78 is 0. The molecule has 1 saturated heterocycles. The van der Waals surface area contributed by atoms with Crippen LogP contribution >= 0.6 is 0 Å². The van der Waals surface area contributed by atoms with Gasteiger partial charge in [0.1, 0.15) is 0 Å². The minimum Gasteiger partial charge on any atom is -0.286 e. The molecule has 0 aromatic rings. The van der Waals surface area contributed by atoms with E-state index in [0.717, 1.165) is 12.5 Å². The van der Waals surface area contributed by atoms with Gasteiger partial charge in [-0.3, -0.25) is 4.90 Å². The Bertz CT molecular complexity index is 187. The first-order valence-corrected chi connectivity index (χ1v) is 4.16. The van der Waals surface area contributed by atoms with Crippen LogP contribution in [-0.4, -0.2) is 23.5 Å². The van der Waals surface area contributed by atoms with E-state index >= 15 is 0 Å². The van der Waals surface area contributed by atoms with Crippen LogP contribution in [0.25, 0.3) is 0 Å². The number of rotatable bonds is 1. The minimum atomic E-state index is 0.615. The standard InChI is InChI=1S/C9H13N/c1-2-10-8-4-3-5-9(10)7-6-8/h8-9H,2,4,6-7H2,1H3.